The molecule has 1 aromatic carbocycles. The highest BCUT2D eigenvalue weighted by molar-refractivity contribution is 5.72. The van der Waals surface area contributed by atoms with Crippen LogP contribution in [0.5, 0.6) is 0 Å². The first-order chi connectivity index (χ1) is 8.91. The van der Waals surface area contributed by atoms with E-state index in [1.807, 2.05) is 4.90 Å². The lowest BCUT2D eigenvalue weighted by atomic mass is 9.86. The van der Waals surface area contributed by atoms with Crippen LogP contribution < -0.4 is 4.90 Å². The summed E-state index contributed by atoms with van der Waals surface area (Å²) in [6.45, 7) is 4.49. The third-order valence-electron chi connectivity index (χ3n) is 3.75. The van der Waals surface area contributed by atoms with Gasteiger partial charge in [-0.15, -0.1) is 0 Å². The van der Waals surface area contributed by atoms with Crippen LogP contribution in [0.2, 0.25) is 0 Å². The Labute approximate surface area is 110 Å². The van der Waals surface area contributed by atoms with Crippen LogP contribution in [-0.2, 0) is 4.79 Å². The molecule has 1 aromatic rings. The molecule has 1 heterocycles. The molecule has 19 heavy (non-hydrogen) atoms. The fraction of sp³-hybridized carbons (Fsp3) is 0.462. The van der Waals surface area contributed by atoms with Crippen LogP contribution in [0.3, 0.4) is 0 Å². The van der Waals surface area contributed by atoms with E-state index < -0.39 is 11.9 Å². The number of para-hydroxylation sites is 1. The summed E-state index contributed by atoms with van der Waals surface area (Å²) in [5.41, 5.74) is 1.32. The average molecular weight is 264 g/mol. The number of aryl methyl sites for hydroxylation is 1. The Balaban J connectivity index is 2.16. The first-order valence-corrected chi connectivity index (χ1v) is 6.13. The maximum absolute atomic E-state index is 11.1. The molecule has 0 spiro atoms. The molecule has 6 nitrogen and oxygen atoms in total. The van der Waals surface area contributed by atoms with E-state index in [1.165, 1.54) is 0 Å². The molecule has 1 aliphatic heterocycles. The third-order valence-corrected chi connectivity index (χ3v) is 3.75. The van der Waals surface area contributed by atoms with Gasteiger partial charge >= 0.3 is 5.97 Å². The Morgan fingerprint density at radius 2 is 2.16 bits per heavy atom. The lowest BCUT2D eigenvalue weighted by Crippen LogP contribution is -2.51. The predicted octanol–water partition coefficient (Wildman–Crippen LogP) is 2.06. The average Bonchev–Trinajstić information content (AvgIpc) is 2.26. The molecule has 102 valence electrons. The molecule has 1 atom stereocenters. The predicted molar refractivity (Wildman–Crippen MR) is 70.3 cm³/mol. The van der Waals surface area contributed by atoms with E-state index in [4.69, 9.17) is 5.11 Å². The maximum Gasteiger partial charge on any atom is 0.306 e. The quantitative estimate of drug-likeness (QED) is 0.664. The molecule has 1 unspecified atom stereocenters. The third kappa shape index (κ3) is 2.38. The van der Waals surface area contributed by atoms with Crippen LogP contribution >= 0.6 is 0 Å². The van der Waals surface area contributed by atoms with Crippen LogP contribution in [0.25, 0.3) is 0 Å². The number of hydrogen-bond donors (Lipinski definition) is 1. The number of carboxylic acids is 1. The Morgan fingerprint density at radius 1 is 1.53 bits per heavy atom. The number of carboxylic acid groups (broad SMARTS) is 1. The van der Waals surface area contributed by atoms with Crippen LogP contribution in [-0.4, -0.2) is 29.1 Å². The van der Waals surface area contributed by atoms with Gasteiger partial charge in [-0.2, -0.15) is 0 Å². The van der Waals surface area contributed by atoms with E-state index in [9.17, 15) is 14.9 Å². The summed E-state index contributed by atoms with van der Waals surface area (Å²) in [5.74, 6) is -1.18. The fourth-order valence-corrected chi connectivity index (χ4v) is 2.36. The molecule has 1 fully saturated rings. The number of hydrogen-bond acceptors (Lipinski definition) is 4. The van der Waals surface area contributed by atoms with Gasteiger partial charge in [-0.05, 0) is 13.0 Å². The molecule has 0 bridgehead atoms. The molecular weight excluding hydrogens is 248 g/mol. The summed E-state index contributed by atoms with van der Waals surface area (Å²) < 4.78 is 0. The molecule has 0 saturated carbocycles. The minimum atomic E-state index is -0.816. The summed E-state index contributed by atoms with van der Waals surface area (Å²) in [4.78, 5) is 23.5. The second-order valence-electron chi connectivity index (χ2n) is 4.99. The van der Waals surface area contributed by atoms with Crippen molar-refractivity contribution in [3.63, 3.8) is 0 Å². The lowest BCUT2D eigenvalue weighted by molar-refractivity contribution is -0.384. The summed E-state index contributed by atoms with van der Waals surface area (Å²) in [6, 6.07) is 5.21. The number of nitro benzene ring substituents is 1. The Bertz CT molecular complexity index is 523. The van der Waals surface area contributed by atoms with E-state index in [-0.39, 0.29) is 16.5 Å². The zero-order valence-electron chi connectivity index (χ0n) is 10.9. The van der Waals surface area contributed by atoms with Crippen molar-refractivity contribution >= 4 is 17.3 Å². The summed E-state index contributed by atoms with van der Waals surface area (Å²) in [6.07, 6.45) is 0. The van der Waals surface area contributed by atoms with Gasteiger partial charge in [0.15, 0.2) is 0 Å². The van der Waals surface area contributed by atoms with Gasteiger partial charge in [-0.3, -0.25) is 14.9 Å². The Kier molecular flexibility index (Phi) is 3.42. The minimum Gasteiger partial charge on any atom is -0.481 e. The van der Waals surface area contributed by atoms with Gasteiger partial charge in [0.1, 0.15) is 5.69 Å². The summed E-state index contributed by atoms with van der Waals surface area (Å²) >= 11 is 0. The van der Waals surface area contributed by atoms with Crippen molar-refractivity contribution in [1.82, 2.24) is 0 Å². The number of rotatable bonds is 4. The summed E-state index contributed by atoms with van der Waals surface area (Å²) in [5, 5.41) is 20.0. The van der Waals surface area contributed by atoms with E-state index in [0.29, 0.717) is 24.3 Å². The highest BCUT2D eigenvalue weighted by Crippen LogP contribution is 2.37. The number of benzene rings is 1. The van der Waals surface area contributed by atoms with Gasteiger partial charge in [0, 0.05) is 24.6 Å². The lowest BCUT2D eigenvalue weighted by Gasteiger charge is -2.42. The highest BCUT2D eigenvalue weighted by atomic mass is 16.6. The van der Waals surface area contributed by atoms with Crippen LogP contribution in [0.4, 0.5) is 11.4 Å². The van der Waals surface area contributed by atoms with E-state index in [2.05, 4.69) is 0 Å². The Morgan fingerprint density at radius 3 is 2.68 bits per heavy atom. The molecule has 0 amide bonds. The van der Waals surface area contributed by atoms with Crippen molar-refractivity contribution in [2.24, 2.45) is 11.8 Å². The van der Waals surface area contributed by atoms with Gasteiger partial charge in [0.2, 0.25) is 0 Å². The molecule has 6 heteroatoms. The van der Waals surface area contributed by atoms with E-state index in [0.717, 1.165) is 0 Å². The number of carbonyl (C=O) groups is 1. The van der Waals surface area contributed by atoms with Gasteiger partial charge in [0.05, 0.1) is 10.8 Å². The van der Waals surface area contributed by atoms with Crippen molar-refractivity contribution in [3.05, 3.63) is 33.9 Å². The smallest absolute Gasteiger partial charge is 0.306 e. The molecular formula is C13H16N2O4. The number of nitrogens with zero attached hydrogens (tertiary/aromatic N) is 2. The van der Waals surface area contributed by atoms with Crippen molar-refractivity contribution in [1.29, 1.82) is 0 Å². The number of aliphatic carboxylic acids is 1. The van der Waals surface area contributed by atoms with Gasteiger partial charge in [-0.1, -0.05) is 19.1 Å². The van der Waals surface area contributed by atoms with Crippen LogP contribution in [0.15, 0.2) is 18.2 Å². The fourth-order valence-electron chi connectivity index (χ4n) is 2.36. The van der Waals surface area contributed by atoms with Crippen molar-refractivity contribution in [3.8, 4) is 0 Å². The zero-order valence-corrected chi connectivity index (χ0v) is 10.9. The molecule has 0 radical (unpaired) electrons. The minimum absolute atomic E-state index is 0.0533. The molecule has 2 rings (SSSR count). The van der Waals surface area contributed by atoms with Gasteiger partial charge in [0.25, 0.3) is 5.69 Å². The van der Waals surface area contributed by atoms with Crippen molar-refractivity contribution in [2.75, 3.05) is 18.0 Å². The number of anilines is 1. The summed E-state index contributed by atoms with van der Waals surface area (Å²) in [7, 11) is 0. The maximum atomic E-state index is 11.1. The topological polar surface area (TPSA) is 83.7 Å². The monoisotopic (exact) mass is 264 g/mol. The first kappa shape index (κ1) is 13.3. The van der Waals surface area contributed by atoms with E-state index >= 15 is 0 Å². The second kappa shape index (κ2) is 4.87. The molecule has 1 aliphatic rings. The zero-order chi connectivity index (χ0) is 14.2. The van der Waals surface area contributed by atoms with E-state index in [1.54, 1.807) is 32.0 Å². The SMILES string of the molecule is Cc1cccc(N2CC(C(C)C(=O)O)C2)c1[N+](=O)[O-]. The van der Waals surface area contributed by atoms with Gasteiger partial charge in [-0.25, -0.2) is 0 Å². The first-order valence-electron chi connectivity index (χ1n) is 6.13. The number of nitro groups is 1. The van der Waals surface area contributed by atoms with Gasteiger partial charge < -0.3 is 10.0 Å². The second-order valence-corrected chi connectivity index (χ2v) is 4.99. The van der Waals surface area contributed by atoms with Crippen LogP contribution in [0, 0.1) is 28.9 Å². The molecule has 1 N–H and O–H groups in total. The largest absolute Gasteiger partial charge is 0.481 e. The Hall–Kier alpha value is -2.11. The molecule has 0 aromatic heterocycles. The standard InChI is InChI=1S/C13H16N2O4/c1-8-4-3-5-11(12(8)15(18)19)14-6-10(7-14)9(2)13(16)17/h3-5,9-10H,6-7H2,1-2H3,(H,16,17). The molecule has 1 saturated heterocycles. The van der Waals surface area contributed by atoms with Crippen molar-refractivity contribution in [2.45, 2.75) is 13.8 Å². The highest BCUT2D eigenvalue weighted by Gasteiger charge is 2.37. The van der Waals surface area contributed by atoms with Crippen LogP contribution in [0.1, 0.15) is 12.5 Å². The normalized spacial score (nSPS) is 16.8. The molecule has 0 aliphatic carbocycles. The van der Waals surface area contributed by atoms with Crippen molar-refractivity contribution < 1.29 is 14.8 Å².